The molecular weight excluding hydrogens is 268 g/mol. The third-order valence-corrected chi connectivity index (χ3v) is 5.57. The van der Waals surface area contributed by atoms with Gasteiger partial charge in [0.2, 0.25) is 0 Å². The van der Waals surface area contributed by atoms with Gasteiger partial charge >= 0.3 is 0 Å². The van der Waals surface area contributed by atoms with Crippen molar-refractivity contribution in [3.8, 4) is 0 Å². The zero-order valence-corrected chi connectivity index (χ0v) is 14.1. The topological polar surface area (TPSA) is 9.23 Å². The van der Waals surface area contributed by atoms with Gasteiger partial charge in [-0.25, -0.2) is 0 Å². The summed E-state index contributed by atoms with van der Waals surface area (Å²) in [6.45, 7) is 5.54. The van der Waals surface area contributed by atoms with Gasteiger partial charge in [-0.3, -0.25) is 0 Å². The molecule has 0 heterocycles. The van der Waals surface area contributed by atoms with Crippen molar-refractivity contribution in [3.05, 3.63) is 47.5 Å². The minimum Gasteiger partial charge on any atom is -0.384 e. The van der Waals surface area contributed by atoms with Crippen LogP contribution in [0, 0.1) is 11.8 Å². The molecule has 118 valence electrons. The lowest BCUT2D eigenvalue weighted by Crippen LogP contribution is -2.12. The van der Waals surface area contributed by atoms with E-state index in [9.17, 15) is 0 Å². The average Bonchev–Trinajstić information content (AvgIpc) is 2.96. The molecule has 2 aromatic rings. The van der Waals surface area contributed by atoms with E-state index in [1.54, 1.807) is 5.56 Å². The highest BCUT2D eigenvalue weighted by Crippen LogP contribution is 2.45. The van der Waals surface area contributed by atoms with Crippen molar-refractivity contribution >= 4 is 10.8 Å². The summed E-state index contributed by atoms with van der Waals surface area (Å²) >= 11 is 0. The van der Waals surface area contributed by atoms with Crippen molar-refractivity contribution in [1.29, 1.82) is 0 Å². The van der Waals surface area contributed by atoms with E-state index in [0.717, 1.165) is 24.9 Å². The van der Waals surface area contributed by atoms with Gasteiger partial charge in [0.1, 0.15) is 0 Å². The fourth-order valence-corrected chi connectivity index (χ4v) is 4.38. The maximum atomic E-state index is 5.47. The van der Waals surface area contributed by atoms with Crippen LogP contribution in [0.25, 0.3) is 10.8 Å². The SMILES string of the molecule is CCc1cc2ccccc2cc1[C@H]1CC(CC)[C@@H](COC)C1. The molecule has 1 aliphatic rings. The third-order valence-electron chi connectivity index (χ3n) is 5.57. The standard InChI is InChI=1S/C21H28O/c1-4-15-10-19(12-20(15)14-22-3)21-13-18-9-7-6-8-17(18)11-16(21)5-2/h6-9,11,13,15,19-20H,4-5,10,12,14H2,1-3H3/t15?,19-,20+/m0/s1. The molecule has 1 nitrogen and oxygen atoms in total. The van der Waals surface area contributed by atoms with Crippen LogP contribution >= 0.6 is 0 Å². The molecule has 0 radical (unpaired) electrons. The molecule has 0 bridgehead atoms. The molecule has 1 heteroatoms. The molecule has 0 N–H and O–H groups in total. The summed E-state index contributed by atoms with van der Waals surface area (Å²) in [5, 5.41) is 2.76. The highest BCUT2D eigenvalue weighted by atomic mass is 16.5. The number of hydrogen-bond acceptors (Lipinski definition) is 1. The molecule has 0 spiro atoms. The first-order valence-electron chi connectivity index (χ1n) is 8.77. The molecule has 0 aromatic heterocycles. The van der Waals surface area contributed by atoms with Crippen LogP contribution in [0.2, 0.25) is 0 Å². The maximum absolute atomic E-state index is 5.47. The van der Waals surface area contributed by atoms with E-state index in [4.69, 9.17) is 4.74 Å². The molecule has 3 rings (SSSR count). The van der Waals surface area contributed by atoms with Crippen molar-refractivity contribution in [1.82, 2.24) is 0 Å². The number of rotatable bonds is 5. The Bertz CT molecular complexity index is 631. The molecule has 0 aliphatic heterocycles. The summed E-state index contributed by atoms with van der Waals surface area (Å²) in [7, 11) is 1.84. The predicted molar refractivity (Wildman–Crippen MR) is 94.4 cm³/mol. The molecule has 0 saturated heterocycles. The van der Waals surface area contributed by atoms with Crippen LogP contribution in [0.4, 0.5) is 0 Å². The van der Waals surface area contributed by atoms with E-state index in [1.165, 1.54) is 35.6 Å². The normalized spacial score (nSPS) is 25.0. The Balaban J connectivity index is 1.95. The molecule has 0 amide bonds. The van der Waals surface area contributed by atoms with Gasteiger partial charge in [0, 0.05) is 13.7 Å². The van der Waals surface area contributed by atoms with Gasteiger partial charge in [-0.2, -0.15) is 0 Å². The fraction of sp³-hybridized carbons (Fsp3) is 0.524. The van der Waals surface area contributed by atoms with Gasteiger partial charge in [0.25, 0.3) is 0 Å². The molecule has 1 fully saturated rings. The van der Waals surface area contributed by atoms with Crippen LogP contribution in [-0.2, 0) is 11.2 Å². The van der Waals surface area contributed by atoms with Crippen LogP contribution in [0.3, 0.4) is 0 Å². The monoisotopic (exact) mass is 296 g/mol. The summed E-state index contributed by atoms with van der Waals surface area (Å²) in [5.74, 6) is 2.27. The van der Waals surface area contributed by atoms with E-state index in [-0.39, 0.29) is 0 Å². The first kappa shape index (κ1) is 15.6. The Morgan fingerprint density at radius 1 is 1.00 bits per heavy atom. The van der Waals surface area contributed by atoms with Crippen molar-refractivity contribution in [2.24, 2.45) is 11.8 Å². The van der Waals surface area contributed by atoms with Gasteiger partial charge in [0.05, 0.1) is 0 Å². The van der Waals surface area contributed by atoms with E-state index < -0.39 is 0 Å². The largest absolute Gasteiger partial charge is 0.384 e. The van der Waals surface area contributed by atoms with Gasteiger partial charge in [-0.05, 0) is 58.9 Å². The molecule has 1 unspecified atom stereocenters. The van der Waals surface area contributed by atoms with E-state index in [0.29, 0.717) is 5.92 Å². The second kappa shape index (κ2) is 6.83. The predicted octanol–water partition coefficient (Wildman–Crippen LogP) is 5.57. The Labute approximate surface area is 134 Å². The Morgan fingerprint density at radius 3 is 2.32 bits per heavy atom. The lowest BCUT2D eigenvalue weighted by Gasteiger charge is -2.17. The Morgan fingerprint density at radius 2 is 1.68 bits per heavy atom. The second-order valence-electron chi connectivity index (χ2n) is 6.80. The van der Waals surface area contributed by atoms with Gasteiger partial charge in [0.15, 0.2) is 0 Å². The minimum atomic E-state index is 0.713. The van der Waals surface area contributed by atoms with Crippen LogP contribution < -0.4 is 0 Å². The highest BCUT2D eigenvalue weighted by Gasteiger charge is 2.34. The van der Waals surface area contributed by atoms with Crippen molar-refractivity contribution < 1.29 is 4.74 Å². The number of hydrogen-bond donors (Lipinski definition) is 0. The summed E-state index contributed by atoms with van der Waals surface area (Å²) in [6, 6.07) is 13.6. The fourth-order valence-electron chi connectivity index (χ4n) is 4.38. The lowest BCUT2D eigenvalue weighted by molar-refractivity contribution is 0.131. The first-order chi connectivity index (χ1) is 10.8. The summed E-state index contributed by atoms with van der Waals surface area (Å²) < 4.78 is 5.47. The van der Waals surface area contributed by atoms with E-state index in [2.05, 4.69) is 50.2 Å². The molecule has 22 heavy (non-hydrogen) atoms. The number of methoxy groups -OCH3 is 1. The number of ether oxygens (including phenoxy) is 1. The summed E-state index contributed by atoms with van der Waals surface area (Å²) in [5.41, 5.74) is 3.13. The van der Waals surface area contributed by atoms with Crippen LogP contribution in [-0.4, -0.2) is 13.7 Å². The third kappa shape index (κ3) is 2.92. The highest BCUT2D eigenvalue weighted by molar-refractivity contribution is 5.84. The number of benzene rings is 2. The average molecular weight is 296 g/mol. The molecule has 1 aliphatic carbocycles. The summed E-state index contributed by atoms with van der Waals surface area (Å²) in [6.07, 6.45) is 5.02. The van der Waals surface area contributed by atoms with Crippen LogP contribution in [0.15, 0.2) is 36.4 Å². The Hall–Kier alpha value is -1.34. The Kier molecular flexibility index (Phi) is 4.83. The quantitative estimate of drug-likeness (QED) is 0.701. The zero-order chi connectivity index (χ0) is 15.5. The second-order valence-corrected chi connectivity index (χ2v) is 6.80. The van der Waals surface area contributed by atoms with Gasteiger partial charge < -0.3 is 4.74 Å². The van der Waals surface area contributed by atoms with E-state index >= 15 is 0 Å². The molecule has 1 saturated carbocycles. The number of aryl methyl sites for hydroxylation is 1. The van der Waals surface area contributed by atoms with Crippen LogP contribution in [0.5, 0.6) is 0 Å². The summed E-state index contributed by atoms with van der Waals surface area (Å²) in [4.78, 5) is 0. The smallest absolute Gasteiger partial charge is 0.0493 e. The minimum absolute atomic E-state index is 0.713. The van der Waals surface area contributed by atoms with Gasteiger partial charge in [-0.1, -0.05) is 56.7 Å². The maximum Gasteiger partial charge on any atom is 0.0493 e. The van der Waals surface area contributed by atoms with E-state index in [1.807, 2.05) is 7.11 Å². The van der Waals surface area contributed by atoms with Crippen LogP contribution in [0.1, 0.15) is 50.2 Å². The molecule has 2 aromatic carbocycles. The first-order valence-corrected chi connectivity index (χ1v) is 8.77. The van der Waals surface area contributed by atoms with Crippen molar-refractivity contribution in [2.75, 3.05) is 13.7 Å². The number of fused-ring (bicyclic) bond motifs is 1. The lowest BCUT2D eigenvalue weighted by atomic mass is 9.88. The molecular formula is C21H28O. The van der Waals surface area contributed by atoms with Crippen molar-refractivity contribution in [3.63, 3.8) is 0 Å². The zero-order valence-electron chi connectivity index (χ0n) is 14.1. The van der Waals surface area contributed by atoms with Crippen molar-refractivity contribution in [2.45, 2.75) is 45.4 Å². The molecule has 3 atom stereocenters. The van der Waals surface area contributed by atoms with Gasteiger partial charge in [-0.15, -0.1) is 0 Å².